The summed E-state index contributed by atoms with van der Waals surface area (Å²) in [5.74, 6) is 0. The fraction of sp³-hybridized carbons (Fsp3) is 0.333. The molecule has 90 valence electrons. The van der Waals surface area contributed by atoms with E-state index in [1.807, 2.05) is 32.9 Å². The second-order valence-corrected chi connectivity index (χ2v) is 4.29. The lowest BCUT2D eigenvalue weighted by Crippen LogP contribution is -2.00. The van der Waals surface area contributed by atoms with Crippen molar-refractivity contribution in [3.05, 3.63) is 47.7 Å². The van der Waals surface area contributed by atoms with Crippen molar-refractivity contribution >= 4 is 11.4 Å². The lowest BCUT2D eigenvalue weighted by atomic mass is 10.0. The zero-order valence-electron chi connectivity index (χ0n) is 10.9. The molecule has 0 aromatic heterocycles. The molecule has 0 fully saturated rings. The van der Waals surface area contributed by atoms with E-state index in [1.165, 1.54) is 5.56 Å². The second-order valence-electron chi connectivity index (χ2n) is 4.29. The first-order valence-corrected chi connectivity index (χ1v) is 5.89. The molecule has 1 aromatic rings. The van der Waals surface area contributed by atoms with Gasteiger partial charge in [0, 0.05) is 23.5 Å². The molecule has 0 bridgehead atoms. The number of hydrogen-bond acceptors (Lipinski definition) is 2. The van der Waals surface area contributed by atoms with Crippen LogP contribution in [0.5, 0.6) is 0 Å². The van der Waals surface area contributed by atoms with Gasteiger partial charge in [0.25, 0.3) is 0 Å². The van der Waals surface area contributed by atoms with Gasteiger partial charge < -0.3 is 5.41 Å². The predicted molar refractivity (Wildman–Crippen MR) is 75.2 cm³/mol. The van der Waals surface area contributed by atoms with Crippen molar-refractivity contribution in [1.29, 1.82) is 5.41 Å². The molecule has 0 aliphatic carbocycles. The van der Waals surface area contributed by atoms with Gasteiger partial charge in [-0.25, -0.2) is 0 Å². The molecule has 0 unspecified atom stereocenters. The highest BCUT2D eigenvalue weighted by atomic mass is 14.7. The molecule has 0 atom stereocenters. The summed E-state index contributed by atoms with van der Waals surface area (Å²) in [6.07, 6.45) is 1.61. The Morgan fingerprint density at radius 1 is 1.24 bits per heavy atom. The summed E-state index contributed by atoms with van der Waals surface area (Å²) in [5.41, 5.74) is 4.82. The van der Waals surface area contributed by atoms with Crippen molar-refractivity contribution in [2.45, 2.75) is 33.6 Å². The molecule has 0 heterocycles. The SMILES string of the molecule is C=C(C)N=C(C)Cc1ccc(C(=N)CC)cc1. The summed E-state index contributed by atoms with van der Waals surface area (Å²) in [7, 11) is 0. The van der Waals surface area contributed by atoms with Crippen molar-refractivity contribution in [2.75, 3.05) is 0 Å². The van der Waals surface area contributed by atoms with Crippen LogP contribution in [0.25, 0.3) is 0 Å². The highest BCUT2D eigenvalue weighted by Crippen LogP contribution is 2.08. The minimum atomic E-state index is 0.684. The van der Waals surface area contributed by atoms with Crippen LogP contribution in [0.4, 0.5) is 0 Å². The average Bonchev–Trinajstić information content (AvgIpc) is 2.28. The van der Waals surface area contributed by atoms with Crippen molar-refractivity contribution < 1.29 is 0 Å². The summed E-state index contributed by atoms with van der Waals surface area (Å²) in [5, 5.41) is 7.75. The van der Waals surface area contributed by atoms with Gasteiger partial charge in [-0.15, -0.1) is 0 Å². The molecular formula is C15H20N2. The van der Waals surface area contributed by atoms with Crippen molar-refractivity contribution in [3.8, 4) is 0 Å². The molecule has 0 saturated heterocycles. The topological polar surface area (TPSA) is 36.2 Å². The van der Waals surface area contributed by atoms with Crippen LogP contribution < -0.4 is 0 Å². The molecule has 1 rings (SSSR count). The molecule has 0 radical (unpaired) electrons. The Kier molecular flexibility index (Phi) is 4.83. The monoisotopic (exact) mass is 228 g/mol. The first kappa shape index (κ1) is 13.4. The van der Waals surface area contributed by atoms with E-state index in [4.69, 9.17) is 5.41 Å². The minimum Gasteiger partial charge on any atom is -0.305 e. The molecule has 0 aliphatic rings. The molecular weight excluding hydrogens is 208 g/mol. The van der Waals surface area contributed by atoms with E-state index in [1.54, 1.807) is 0 Å². The maximum Gasteiger partial charge on any atom is 0.0383 e. The van der Waals surface area contributed by atoms with Crippen LogP contribution in [0.15, 0.2) is 41.5 Å². The first-order valence-electron chi connectivity index (χ1n) is 5.89. The Labute approximate surface area is 104 Å². The van der Waals surface area contributed by atoms with Gasteiger partial charge in [0.15, 0.2) is 0 Å². The van der Waals surface area contributed by atoms with Crippen LogP contribution in [0.3, 0.4) is 0 Å². The number of aliphatic imine (C=N–C) groups is 1. The standard InChI is InChI=1S/C15H20N2/c1-5-15(16)14-8-6-13(7-9-14)10-12(4)17-11(2)3/h6-9,16H,2,5,10H2,1,3-4H3. The van der Waals surface area contributed by atoms with Gasteiger partial charge in [0.2, 0.25) is 0 Å². The summed E-state index contributed by atoms with van der Waals surface area (Å²) in [6, 6.07) is 8.15. The lowest BCUT2D eigenvalue weighted by molar-refractivity contribution is 1.22. The maximum absolute atomic E-state index is 7.75. The summed E-state index contributed by atoms with van der Waals surface area (Å²) < 4.78 is 0. The molecule has 1 N–H and O–H groups in total. The number of benzene rings is 1. The van der Waals surface area contributed by atoms with E-state index in [9.17, 15) is 0 Å². The Balaban J connectivity index is 2.75. The summed E-state index contributed by atoms with van der Waals surface area (Å²) in [4.78, 5) is 4.33. The number of rotatable bonds is 5. The summed E-state index contributed by atoms with van der Waals surface area (Å²) in [6.45, 7) is 9.68. The van der Waals surface area contributed by atoms with E-state index in [-0.39, 0.29) is 0 Å². The van der Waals surface area contributed by atoms with E-state index in [0.717, 1.165) is 29.8 Å². The molecule has 0 saturated carbocycles. The number of nitrogens with one attached hydrogen (secondary N) is 1. The molecule has 17 heavy (non-hydrogen) atoms. The zero-order valence-corrected chi connectivity index (χ0v) is 10.9. The van der Waals surface area contributed by atoms with E-state index in [0.29, 0.717) is 5.71 Å². The Morgan fingerprint density at radius 3 is 2.29 bits per heavy atom. The van der Waals surface area contributed by atoms with Gasteiger partial charge in [0.05, 0.1) is 0 Å². The van der Waals surface area contributed by atoms with Crippen LogP contribution in [0.1, 0.15) is 38.3 Å². The number of hydrogen-bond donors (Lipinski definition) is 1. The van der Waals surface area contributed by atoms with Crippen molar-refractivity contribution in [3.63, 3.8) is 0 Å². The smallest absolute Gasteiger partial charge is 0.0383 e. The van der Waals surface area contributed by atoms with Crippen LogP contribution in [-0.4, -0.2) is 11.4 Å². The Hall–Kier alpha value is -1.70. The van der Waals surface area contributed by atoms with Gasteiger partial charge in [0.1, 0.15) is 0 Å². The number of nitrogens with zero attached hydrogens (tertiary/aromatic N) is 1. The van der Waals surface area contributed by atoms with E-state index in [2.05, 4.69) is 23.7 Å². The minimum absolute atomic E-state index is 0.684. The fourth-order valence-corrected chi connectivity index (χ4v) is 1.69. The highest BCUT2D eigenvalue weighted by Gasteiger charge is 2.00. The van der Waals surface area contributed by atoms with E-state index < -0.39 is 0 Å². The van der Waals surface area contributed by atoms with Gasteiger partial charge in [-0.3, -0.25) is 4.99 Å². The molecule has 0 spiro atoms. The van der Waals surface area contributed by atoms with Gasteiger partial charge >= 0.3 is 0 Å². The fourth-order valence-electron chi connectivity index (χ4n) is 1.69. The van der Waals surface area contributed by atoms with Crippen molar-refractivity contribution in [2.24, 2.45) is 4.99 Å². The van der Waals surface area contributed by atoms with Crippen molar-refractivity contribution in [1.82, 2.24) is 0 Å². The molecule has 0 aliphatic heterocycles. The largest absolute Gasteiger partial charge is 0.305 e. The zero-order chi connectivity index (χ0) is 12.8. The Bertz CT molecular complexity index is 438. The van der Waals surface area contributed by atoms with Crippen LogP contribution in [0, 0.1) is 5.41 Å². The summed E-state index contributed by atoms with van der Waals surface area (Å²) >= 11 is 0. The quantitative estimate of drug-likeness (QED) is 0.739. The van der Waals surface area contributed by atoms with Crippen LogP contribution in [-0.2, 0) is 6.42 Å². The third-order valence-electron chi connectivity index (χ3n) is 2.50. The van der Waals surface area contributed by atoms with Gasteiger partial charge in [-0.2, -0.15) is 0 Å². The van der Waals surface area contributed by atoms with Gasteiger partial charge in [-0.1, -0.05) is 37.8 Å². The normalized spacial score (nSPS) is 11.4. The molecule has 1 aromatic carbocycles. The lowest BCUT2D eigenvalue weighted by Gasteiger charge is -2.04. The Morgan fingerprint density at radius 2 is 1.82 bits per heavy atom. The molecule has 2 heteroatoms. The third kappa shape index (κ3) is 4.35. The highest BCUT2D eigenvalue weighted by molar-refractivity contribution is 5.98. The van der Waals surface area contributed by atoms with Crippen LogP contribution >= 0.6 is 0 Å². The molecule has 2 nitrogen and oxygen atoms in total. The second kappa shape index (κ2) is 6.14. The average molecular weight is 228 g/mol. The van der Waals surface area contributed by atoms with Gasteiger partial charge in [-0.05, 0) is 31.4 Å². The number of allylic oxidation sites excluding steroid dienone is 1. The molecule has 0 amide bonds. The van der Waals surface area contributed by atoms with E-state index >= 15 is 0 Å². The predicted octanol–water partition coefficient (Wildman–Crippen LogP) is 4.00. The van der Waals surface area contributed by atoms with Crippen LogP contribution in [0.2, 0.25) is 0 Å². The maximum atomic E-state index is 7.75. The third-order valence-corrected chi connectivity index (χ3v) is 2.50. The first-order chi connectivity index (χ1) is 8.02.